The number of nitrogens with two attached hydrogens (primary N) is 1. The maximum absolute atomic E-state index is 13.2. The topological polar surface area (TPSA) is 70.3 Å². The highest BCUT2D eigenvalue weighted by Gasteiger charge is 2.12. The molecule has 7 heteroatoms. The first kappa shape index (κ1) is 12.6. The Morgan fingerprint density at radius 1 is 1.28 bits per heavy atom. The molecule has 0 bridgehead atoms. The van der Waals surface area contributed by atoms with Crippen LogP contribution in [0.4, 0.5) is 10.2 Å². The second-order valence-corrected chi connectivity index (χ2v) is 4.22. The predicted molar refractivity (Wildman–Crippen MR) is 67.2 cm³/mol. The van der Waals surface area contributed by atoms with E-state index < -0.39 is 5.82 Å². The molecule has 1 heterocycles. The minimum absolute atomic E-state index is 0.127. The van der Waals surface area contributed by atoms with Crippen LogP contribution in [0.25, 0.3) is 0 Å². The molecule has 0 saturated heterocycles. The molecule has 0 spiro atoms. The Hall–Kier alpha value is -1.89. The fourth-order valence-electron chi connectivity index (χ4n) is 1.33. The van der Waals surface area contributed by atoms with Crippen LogP contribution in [0.5, 0.6) is 17.4 Å². The summed E-state index contributed by atoms with van der Waals surface area (Å²) in [5, 5.41) is 0. The van der Waals surface area contributed by atoms with Gasteiger partial charge >= 0.3 is 0 Å². The predicted octanol–water partition coefficient (Wildman–Crippen LogP) is 2.76. The van der Waals surface area contributed by atoms with Gasteiger partial charge in [-0.1, -0.05) is 15.9 Å². The normalized spacial score (nSPS) is 10.2. The zero-order valence-electron chi connectivity index (χ0n) is 9.35. The van der Waals surface area contributed by atoms with E-state index in [4.69, 9.17) is 15.2 Å². The van der Waals surface area contributed by atoms with Crippen molar-refractivity contribution in [2.24, 2.45) is 0 Å². The molecular formula is C11H9BrFN3O2. The Balaban J connectivity index is 2.36. The van der Waals surface area contributed by atoms with Crippen LogP contribution in [0.15, 0.2) is 29.0 Å². The molecule has 0 aliphatic heterocycles. The van der Waals surface area contributed by atoms with Gasteiger partial charge in [-0.05, 0) is 12.1 Å². The molecule has 94 valence electrons. The third kappa shape index (κ3) is 2.67. The van der Waals surface area contributed by atoms with Crippen molar-refractivity contribution in [1.29, 1.82) is 0 Å². The number of aromatic nitrogens is 2. The highest BCUT2D eigenvalue weighted by Crippen LogP contribution is 2.33. The molecular weight excluding hydrogens is 305 g/mol. The number of nitrogens with zero attached hydrogens (tertiary/aromatic N) is 2. The van der Waals surface area contributed by atoms with Crippen molar-refractivity contribution in [1.82, 2.24) is 9.97 Å². The van der Waals surface area contributed by atoms with Crippen LogP contribution >= 0.6 is 15.9 Å². The first-order chi connectivity index (χ1) is 8.60. The number of ether oxygens (including phenoxy) is 2. The fourth-order valence-corrected chi connectivity index (χ4v) is 1.78. The van der Waals surface area contributed by atoms with Gasteiger partial charge in [-0.25, -0.2) is 9.37 Å². The van der Waals surface area contributed by atoms with Gasteiger partial charge in [-0.2, -0.15) is 4.98 Å². The van der Waals surface area contributed by atoms with Gasteiger partial charge in [-0.3, -0.25) is 0 Å². The Morgan fingerprint density at radius 2 is 2.06 bits per heavy atom. The summed E-state index contributed by atoms with van der Waals surface area (Å²) in [4.78, 5) is 7.65. The summed E-state index contributed by atoms with van der Waals surface area (Å²) in [7, 11) is 1.42. The van der Waals surface area contributed by atoms with Crippen LogP contribution in [-0.4, -0.2) is 17.1 Å². The second kappa shape index (κ2) is 5.18. The molecule has 0 amide bonds. The van der Waals surface area contributed by atoms with E-state index in [1.54, 1.807) is 6.07 Å². The average molecular weight is 314 g/mol. The molecule has 0 aliphatic carbocycles. The molecule has 0 saturated carbocycles. The van der Waals surface area contributed by atoms with E-state index >= 15 is 0 Å². The van der Waals surface area contributed by atoms with E-state index in [2.05, 4.69) is 25.9 Å². The number of benzene rings is 1. The number of anilines is 1. The van der Waals surface area contributed by atoms with E-state index in [0.717, 1.165) is 0 Å². The van der Waals surface area contributed by atoms with Crippen molar-refractivity contribution in [2.75, 3.05) is 12.8 Å². The lowest BCUT2D eigenvalue weighted by Gasteiger charge is -2.10. The van der Waals surface area contributed by atoms with E-state index in [9.17, 15) is 4.39 Å². The first-order valence-electron chi connectivity index (χ1n) is 4.88. The van der Waals surface area contributed by atoms with Gasteiger partial charge in [0.2, 0.25) is 5.75 Å². The number of rotatable bonds is 3. The van der Waals surface area contributed by atoms with Gasteiger partial charge in [0.1, 0.15) is 17.9 Å². The van der Waals surface area contributed by atoms with Gasteiger partial charge in [0, 0.05) is 10.5 Å². The maximum Gasteiger partial charge on any atom is 0.268 e. The van der Waals surface area contributed by atoms with Gasteiger partial charge < -0.3 is 15.2 Å². The lowest BCUT2D eigenvalue weighted by atomic mass is 10.3. The van der Waals surface area contributed by atoms with Crippen LogP contribution in [-0.2, 0) is 0 Å². The van der Waals surface area contributed by atoms with E-state index in [-0.39, 0.29) is 23.2 Å². The van der Waals surface area contributed by atoms with Crippen molar-refractivity contribution in [3.8, 4) is 17.4 Å². The summed E-state index contributed by atoms with van der Waals surface area (Å²) >= 11 is 3.17. The zero-order valence-corrected chi connectivity index (χ0v) is 10.9. The minimum atomic E-state index is -0.430. The van der Waals surface area contributed by atoms with Crippen LogP contribution in [0.1, 0.15) is 0 Å². The van der Waals surface area contributed by atoms with Gasteiger partial charge in [-0.15, -0.1) is 0 Å². The molecule has 2 rings (SSSR count). The third-order valence-corrected chi connectivity index (χ3v) is 2.51. The minimum Gasteiger partial charge on any atom is -0.489 e. The average Bonchev–Trinajstić information content (AvgIpc) is 2.27. The number of hydrogen-bond acceptors (Lipinski definition) is 5. The van der Waals surface area contributed by atoms with Crippen LogP contribution in [0.3, 0.4) is 0 Å². The van der Waals surface area contributed by atoms with Gasteiger partial charge in [0.25, 0.3) is 5.88 Å². The quantitative estimate of drug-likeness (QED) is 0.943. The number of halogens is 2. The standard InChI is InChI=1S/C11H9BrFN3O2/c1-17-9-10(14)15-5-16-11(9)18-8-3-6(12)2-7(13)4-8/h2-5H,1H3,(H2,14,15,16). The lowest BCUT2D eigenvalue weighted by Crippen LogP contribution is -2.00. The largest absolute Gasteiger partial charge is 0.489 e. The highest BCUT2D eigenvalue weighted by atomic mass is 79.9. The number of methoxy groups -OCH3 is 1. The fraction of sp³-hybridized carbons (Fsp3) is 0.0909. The Labute approximate surface area is 111 Å². The molecule has 18 heavy (non-hydrogen) atoms. The van der Waals surface area contributed by atoms with Crippen molar-refractivity contribution in [3.05, 3.63) is 34.8 Å². The van der Waals surface area contributed by atoms with Crippen molar-refractivity contribution < 1.29 is 13.9 Å². The monoisotopic (exact) mass is 313 g/mol. The van der Waals surface area contributed by atoms with E-state index in [1.807, 2.05) is 0 Å². The molecule has 0 radical (unpaired) electrons. The Bertz CT molecular complexity index is 560. The van der Waals surface area contributed by atoms with Crippen LogP contribution in [0, 0.1) is 5.82 Å². The molecule has 0 aliphatic rings. The third-order valence-electron chi connectivity index (χ3n) is 2.05. The lowest BCUT2D eigenvalue weighted by molar-refractivity contribution is 0.368. The van der Waals surface area contributed by atoms with Gasteiger partial charge in [0.15, 0.2) is 5.82 Å². The molecule has 1 aromatic carbocycles. The van der Waals surface area contributed by atoms with Gasteiger partial charge in [0.05, 0.1) is 7.11 Å². The van der Waals surface area contributed by atoms with Crippen molar-refractivity contribution in [3.63, 3.8) is 0 Å². The van der Waals surface area contributed by atoms with Crippen molar-refractivity contribution in [2.45, 2.75) is 0 Å². The van der Waals surface area contributed by atoms with Crippen LogP contribution in [0.2, 0.25) is 0 Å². The molecule has 0 unspecified atom stereocenters. The van der Waals surface area contributed by atoms with Crippen LogP contribution < -0.4 is 15.2 Å². The SMILES string of the molecule is COc1c(N)ncnc1Oc1cc(F)cc(Br)c1. The summed E-state index contributed by atoms with van der Waals surface area (Å²) in [6.45, 7) is 0. The summed E-state index contributed by atoms with van der Waals surface area (Å²) in [6, 6.07) is 4.14. The summed E-state index contributed by atoms with van der Waals surface area (Å²) < 4.78 is 24.2. The molecule has 2 N–H and O–H groups in total. The summed E-state index contributed by atoms with van der Waals surface area (Å²) in [6.07, 6.45) is 1.24. The number of nitrogen functional groups attached to an aromatic ring is 1. The Morgan fingerprint density at radius 3 is 2.72 bits per heavy atom. The molecule has 0 fully saturated rings. The molecule has 0 atom stereocenters. The molecule has 5 nitrogen and oxygen atoms in total. The zero-order chi connectivity index (χ0) is 13.1. The Kier molecular flexibility index (Phi) is 3.61. The summed E-state index contributed by atoms with van der Waals surface area (Å²) in [5.41, 5.74) is 5.61. The van der Waals surface area contributed by atoms with E-state index in [0.29, 0.717) is 4.47 Å². The van der Waals surface area contributed by atoms with E-state index in [1.165, 1.54) is 25.6 Å². The maximum atomic E-state index is 13.2. The number of hydrogen-bond donors (Lipinski definition) is 1. The highest BCUT2D eigenvalue weighted by molar-refractivity contribution is 9.10. The first-order valence-corrected chi connectivity index (χ1v) is 5.68. The molecule has 2 aromatic rings. The van der Waals surface area contributed by atoms with Crippen molar-refractivity contribution >= 4 is 21.7 Å². The smallest absolute Gasteiger partial charge is 0.268 e. The summed E-state index contributed by atoms with van der Waals surface area (Å²) in [5.74, 6) is 0.331. The second-order valence-electron chi connectivity index (χ2n) is 3.30. The molecule has 1 aromatic heterocycles.